The number of carbonyl (C=O) groups is 2. The van der Waals surface area contributed by atoms with Crippen molar-refractivity contribution >= 4 is 23.3 Å². The summed E-state index contributed by atoms with van der Waals surface area (Å²) >= 11 is 0. The first kappa shape index (κ1) is 24.0. The number of nitrogens with one attached hydrogen (secondary N) is 2. The molecule has 2 N–H and O–H groups in total. The molecule has 1 aliphatic rings. The van der Waals surface area contributed by atoms with Crippen molar-refractivity contribution in [3.8, 4) is 6.07 Å². The van der Waals surface area contributed by atoms with Crippen molar-refractivity contribution in [1.82, 2.24) is 19.6 Å². The van der Waals surface area contributed by atoms with Crippen molar-refractivity contribution in [2.45, 2.75) is 25.3 Å². The zero-order valence-electron chi connectivity index (χ0n) is 20.0. The molecule has 1 aliphatic heterocycles. The molecule has 0 saturated carbocycles. The molecule has 9 heteroatoms. The van der Waals surface area contributed by atoms with Gasteiger partial charge in [-0.3, -0.25) is 4.79 Å². The third kappa shape index (κ3) is 5.28. The Morgan fingerprint density at radius 1 is 1.08 bits per heavy atom. The molecule has 2 aromatic carbocycles. The summed E-state index contributed by atoms with van der Waals surface area (Å²) in [5.41, 5.74) is 3.37. The van der Waals surface area contributed by atoms with Crippen molar-refractivity contribution in [3.63, 3.8) is 0 Å². The average Bonchev–Trinajstić information content (AvgIpc) is 3.41. The zero-order valence-corrected chi connectivity index (χ0v) is 20.0. The van der Waals surface area contributed by atoms with Gasteiger partial charge < -0.3 is 19.9 Å². The second kappa shape index (κ2) is 10.5. The quantitative estimate of drug-likeness (QED) is 0.419. The number of halogens is 1. The Labute approximate surface area is 213 Å². The highest BCUT2D eigenvalue weighted by molar-refractivity contribution is 5.96. The van der Waals surface area contributed by atoms with E-state index in [1.165, 1.54) is 6.07 Å². The number of pyridine rings is 1. The third-order valence-electron chi connectivity index (χ3n) is 6.69. The topological polar surface area (TPSA) is 103 Å². The predicted molar refractivity (Wildman–Crippen MR) is 136 cm³/mol. The van der Waals surface area contributed by atoms with E-state index in [2.05, 4.69) is 21.7 Å². The molecule has 0 atom stereocenters. The number of hydrogen-bond acceptors (Lipinski definition) is 4. The lowest BCUT2D eigenvalue weighted by Gasteiger charge is -2.32. The van der Waals surface area contributed by atoms with Gasteiger partial charge in [-0.25, -0.2) is 14.2 Å². The molecule has 8 nitrogen and oxygen atoms in total. The number of rotatable bonds is 5. The Hall–Kier alpha value is -4.71. The summed E-state index contributed by atoms with van der Waals surface area (Å²) in [6, 6.07) is 17.0. The monoisotopic (exact) mass is 496 g/mol. The Bertz CT molecular complexity index is 1500. The molecule has 0 unspecified atom stereocenters. The molecule has 3 heterocycles. The van der Waals surface area contributed by atoms with Gasteiger partial charge in [0.2, 0.25) is 0 Å². The molecule has 0 aliphatic carbocycles. The van der Waals surface area contributed by atoms with Crippen LogP contribution in [0.3, 0.4) is 0 Å². The van der Waals surface area contributed by atoms with E-state index < -0.39 is 11.8 Å². The van der Waals surface area contributed by atoms with Crippen LogP contribution in [0.5, 0.6) is 0 Å². The summed E-state index contributed by atoms with van der Waals surface area (Å²) in [7, 11) is 0. The number of anilines is 1. The number of hydrogen-bond donors (Lipinski definition) is 2. The maximum atomic E-state index is 14.8. The number of aromatic nitrogens is 2. The summed E-state index contributed by atoms with van der Waals surface area (Å²) in [4.78, 5) is 31.2. The smallest absolute Gasteiger partial charge is 0.319 e. The first-order valence-electron chi connectivity index (χ1n) is 12.1. The molecule has 3 amide bonds. The predicted octanol–water partition coefficient (Wildman–Crippen LogP) is 4.69. The SMILES string of the molecule is N#Cc1ccccc1C(=O)N1CCC(c2ccc(NC(=O)NCc3ccn4ccnc4c3)c(F)c2)CC1. The van der Waals surface area contributed by atoms with Crippen LogP contribution in [0.4, 0.5) is 14.9 Å². The van der Waals surface area contributed by atoms with E-state index >= 15 is 0 Å². The minimum absolute atomic E-state index is 0.102. The van der Waals surface area contributed by atoms with E-state index in [-0.39, 0.29) is 24.1 Å². The summed E-state index contributed by atoms with van der Waals surface area (Å²) in [6.45, 7) is 1.33. The molecule has 5 rings (SSSR count). The largest absolute Gasteiger partial charge is 0.339 e. The van der Waals surface area contributed by atoms with Gasteiger partial charge in [0, 0.05) is 38.2 Å². The van der Waals surface area contributed by atoms with Gasteiger partial charge in [0.15, 0.2) is 0 Å². The van der Waals surface area contributed by atoms with Crippen LogP contribution < -0.4 is 10.6 Å². The number of nitriles is 1. The van der Waals surface area contributed by atoms with Crippen molar-refractivity contribution in [2.24, 2.45) is 0 Å². The highest BCUT2D eigenvalue weighted by Gasteiger charge is 2.26. The number of amides is 3. The van der Waals surface area contributed by atoms with Gasteiger partial charge in [-0.1, -0.05) is 18.2 Å². The minimum Gasteiger partial charge on any atom is -0.339 e. The lowest BCUT2D eigenvalue weighted by atomic mass is 9.89. The summed E-state index contributed by atoms with van der Waals surface area (Å²) in [5.74, 6) is -0.560. The number of piperidine rings is 1. The Balaban J connectivity index is 1.15. The lowest BCUT2D eigenvalue weighted by Crippen LogP contribution is -2.38. The first-order chi connectivity index (χ1) is 18.0. The van der Waals surface area contributed by atoms with E-state index in [1.807, 2.05) is 35.0 Å². The van der Waals surface area contributed by atoms with E-state index in [0.717, 1.165) is 16.8 Å². The molecule has 0 radical (unpaired) electrons. The summed E-state index contributed by atoms with van der Waals surface area (Å²) in [5, 5.41) is 14.6. The fourth-order valence-electron chi connectivity index (χ4n) is 4.65. The number of fused-ring (bicyclic) bond motifs is 1. The van der Waals surface area contributed by atoms with Gasteiger partial charge in [-0.2, -0.15) is 5.26 Å². The molecule has 0 spiro atoms. The van der Waals surface area contributed by atoms with Crippen LogP contribution in [-0.2, 0) is 6.54 Å². The number of nitrogens with zero attached hydrogens (tertiary/aromatic N) is 4. The molecule has 2 aromatic heterocycles. The van der Waals surface area contributed by atoms with E-state index in [1.54, 1.807) is 41.4 Å². The third-order valence-corrected chi connectivity index (χ3v) is 6.69. The van der Waals surface area contributed by atoms with Crippen LogP contribution in [0.1, 0.15) is 45.8 Å². The standard InChI is InChI=1S/C28H25FN6O2/c29-24-16-21(20-8-12-35(13-9-20)27(36)23-4-2-1-3-22(23)17-30)5-6-25(24)33-28(37)32-18-19-7-11-34-14-10-31-26(34)15-19/h1-7,10-11,14-16,20H,8-9,12-13,18H2,(H2,32,33,37). The minimum atomic E-state index is -0.507. The normalized spacial score (nSPS) is 13.8. The molecule has 1 fully saturated rings. The highest BCUT2D eigenvalue weighted by Crippen LogP contribution is 2.31. The van der Waals surface area contributed by atoms with Gasteiger partial charge in [0.1, 0.15) is 11.5 Å². The average molecular weight is 497 g/mol. The van der Waals surface area contributed by atoms with Gasteiger partial charge in [-0.15, -0.1) is 0 Å². The van der Waals surface area contributed by atoms with E-state index in [4.69, 9.17) is 0 Å². The van der Waals surface area contributed by atoms with Gasteiger partial charge >= 0.3 is 6.03 Å². The fraction of sp³-hybridized carbons (Fsp3) is 0.214. The van der Waals surface area contributed by atoms with E-state index in [0.29, 0.717) is 37.1 Å². The Kier molecular flexibility index (Phi) is 6.81. The van der Waals surface area contributed by atoms with Crippen molar-refractivity contribution in [1.29, 1.82) is 5.26 Å². The van der Waals surface area contributed by atoms with Crippen LogP contribution in [0.15, 0.2) is 73.2 Å². The molecular weight excluding hydrogens is 471 g/mol. The summed E-state index contributed by atoms with van der Waals surface area (Å²) in [6.07, 6.45) is 6.78. The van der Waals surface area contributed by atoms with Gasteiger partial charge in [0.25, 0.3) is 5.91 Å². The highest BCUT2D eigenvalue weighted by atomic mass is 19.1. The van der Waals surface area contributed by atoms with Crippen LogP contribution in [0.2, 0.25) is 0 Å². The van der Waals surface area contributed by atoms with Crippen LogP contribution in [0.25, 0.3) is 5.65 Å². The van der Waals surface area contributed by atoms with Crippen molar-refractivity contribution in [3.05, 3.63) is 101 Å². The second-order valence-corrected chi connectivity index (χ2v) is 9.00. The van der Waals surface area contributed by atoms with Crippen molar-refractivity contribution < 1.29 is 14.0 Å². The van der Waals surface area contributed by atoms with Gasteiger partial charge in [0.05, 0.1) is 22.9 Å². The Morgan fingerprint density at radius 2 is 1.89 bits per heavy atom. The van der Waals surface area contributed by atoms with Crippen molar-refractivity contribution in [2.75, 3.05) is 18.4 Å². The molecule has 4 aromatic rings. The molecule has 0 bridgehead atoms. The second-order valence-electron chi connectivity index (χ2n) is 9.00. The van der Waals surface area contributed by atoms with Crippen LogP contribution in [0, 0.1) is 17.1 Å². The van der Waals surface area contributed by atoms with Crippen LogP contribution in [-0.4, -0.2) is 39.3 Å². The maximum Gasteiger partial charge on any atom is 0.319 e. The first-order valence-corrected chi connectivity index (χ1v) is 12.1. The van der Waals surface area contributed by atoms with Gasteiger partial charge in [-0.05, 0) is 66.3 Å². The van der Waals surface area contributed by atoms with Crippen LogP contribution >= 0.6 is 0 Å². The Morgan fingerprint density at radius 3 is 2.68 bits per heavy atom. The zero-order chi connectivity index (χ0) is 25.8. The van der Waals surface area contributed by atoms with E-state index in [9.17, 15) is 19.2 Å². The number of imidazole rings is 1. The molecular formula is C28H25FN6O2. The fourth-order valence-corrected chi connectivity index (χ4v) is 4.65. The summed E-state index contributed by atoms with van der Waals surface area (Å²) < 4.78 is 16.7. The molecule has 1 saturated heterocycles. The molecule has 37 heavy (non-hydrogen) atoms. The number of benzene rings is 2. The molecule has 186 valence electrons. The number of carbonyl (C=O) groups excluding carboxylic acids is 2. The number of urea groups is 1. The lowest BCUT2D eigenvalue weighted by molar-refractivity contribution is 0.0712. The maximum absolute atomic E-state index is 14.8. The number of likely N-dealkylation sites (tertiary alicyclic amines) is 1.